The molecule has 2 unspecified atom stereocenters. The average molecular weight is 263 g/mol. The number of aliphatic carboxylic acids is 1. The molecule has 2 fully saturated rings. The third-order valence-electron chi connectivity index (χ3n) is 3.55. The maximum atomic E-state index is 12.2. The summed E-state index contributed by atoms with van der Waals surface area (Å²) in [5.74, 6) is -1.84. The Labute approximate surface area is 100 Å². The van der Waals surface area contributed by atoms with Gasteiger partial charge in [-0.15, -0.1) is 0 Å². The van der Waals surface area contributed by atoms with Crippen LogP contribution in [0.25, 0.3) is 0 Å². The minimum atomic E-state index is -3.57. The number of aliphatic hydroxyl groups is 1. The summed E-state index contributed by atoms with van der Waals surface area (Å²) in [6.07, 6.45) is 1.45. The average Bonchev–Trinajstić information content (AvgIpc) is 2.62. The van der Waals surface area contributed by atoms with Gasteiger partial charge in [0.25, 0.3) is 0 Å². The highest BCUT2D eigenvalue weighted by Gasteiger charge is 2.50. The first kappa shape index (κ1) is 12.8. The van der Waals surface area contributed by atoms with Gasteiger partial charge in [0, 0.05) is 13.1 Å². The van der Waals surface area contributed by atoms with Crippen molar-refractivity contribution in [3.05, 3.63) is 0 Å². The van der Waals surface area contributed by atoms with Gasteiger partial charge in [0.15, 0.2) is 0 Å². The number of hydrogen-bond donors (Lipinski definition) is 2. The van der Waals surface area contributed by atoms with Gasteiger partial charge in [-0.25, -0.2) is 8.42 Å². The van der Waals surface area contributed by atoms with E-state index < -0.39 is 32.8 Å². The van der Waals surface area contributed by atoms with Crippen LogP contribution in [0.4, 0.5) is 0 Å². The first-order valence-corrected chi connectivity index (χ1v) is 7.18. The summed E-state index contributed by atoms with van der Waals surface area (Å²) >= 11 is 0. The van der Waals surface area contributed by atoms with E-state index in [-0.39, 0.29) is 13.1 Å². The number of carboxylic acids is 1. The molecule has 1 aliphatic carbocycles. The Morgan fingerprint density at radius 1 is 1.35 bits per heavy atom. The lowest BCUT2D eigenvalue weighted by molar-refractivity contribution is -0.141. The molecule has 1 saturated heterocycles. The van der Waals surface area contributed by atoms with E-state index in [1.165, 1.54) is 4.31 Å². The van der Waals surface area contributed by atoms with Crippen LogP contribution in [0.5, 0.6) is 0 Å². The molecule has 6 nitrogen and oxygen atoms in total. The third kappa shape index (κ3) is 2.19. The van der Waals surface area contributed by atoms with E-state index in [2.05, 4.69) is 0 Å². The van der Waals surface area contributed by atoms with E-state index in [9.17, 15) is 18.3 Å². The van der Waals surface area contributed by atoms with Crippen LogP contribution in [0.3, 0.4) is 0 Å². The van der Waals surface area contributed by atoms with Crippen LogP contribution in [0.2, 0.25) is 0 Å². The fourth-order valence-electron chi connectivity index (χ4n) is 2.65. The molecule has 0 aromatic carbocycles. The van der Waals surface area contributed by atoms with Gasteiger partial charge in [-0.05, 0) is 19.8 Å². The van der Waals surface area contributed by atoms with Crippen LogP contribution >= 0.6 is 0 Å². The van der Waals surface area contributed by atoms with Gasteiger partial charge in [0.2, 0.25) is 10.0 Å². The zero-order valence-corrected chi connectivity index (χ0v) is 10.5. The maximum absolute atomic E-state index is 12.2. The molecule has 17 heavy (non-hydrogen) atoms. The maximum Gasteiger partial charge on any atom is 0.307 e. The third-order valence-corrected chi connectivity index (χ3v) is 5.85. The second-order valence-corrected chi connectivity index (χ2v) is 7.38. The molecule has 0 aromatic heterocycles. The standard InChI is InChI=1S/C10H17NO5S/c1-10(14)5-11(6-10)17(15,16)8-4-2-3-7(8)9(12)13/h7-8,14H,2-6H2,1H3,(H,12,13). The molecule has 2 aliphatic rings. The SMILES string of the molecule is CC1(O)CN(S(=O)(=O)C2CCCC2C(=O)O)C1. The zero-order valence-electron chi connectivity index (χ0n) is 9.66. The van der Waals surface area contributed by atoms with Crippen molar-refractivity contribution in [3.8, 4) is 0 Å². The van der Waals surface area contributed by atoms with Crippen molar-refractivity contribution in [1.82, 2.24) is 4.31 Å². The molecule has 7 heteroatoms. The van der Waals surface area contributed by atoms with Crippen molar-refractivity contribution < 1.29 is 23.4 Å². The fraction of sp³-hybridized carbons (Fsp3) is 0.900. The normalized spacial score (nSPS) is 33.3. The van der Waals surface area contributed by atoms with Crippen molar-refractivity contribution in [1.29, 1.82) is 0 Å². The first-order valence-electron chi connectivity index (χ1n) is 5.68. The minimum absolute atomic E-state index is 0.0676. The van der Waals surface area contributed by atoms with Gasteiger partial charge >= 0.3 is 5.97 Å². The Balaban J connectivity index is 2.14. The van der Waals surface area contributed by atoms with Gasteiger partial charge in [0.05, 0.1) is 16.8 Å². The lowest BCUT2D eigenvalue weighted by Gasteiger charge is -2.44. The molecule has 2 N–H and O–H groups in total. The molecular formula is C10H17NO5S. The van der Waals surface area contributed by atoms with Gasteiger partial charge in [-0.2, -0.15) is 4.31 Å². The highest BCUT2D eigenvalue weighted by molar-refractivity contribution is 7.89. The van der Waals surface area contributed by atoms with Crippen LogP contribution in [0.1, 0.15) is 26.2 Å². The summed E-state index contributed by atoms with van der Waals surface area (Å²) in [5.41, 5.74) is -0.968. The predicted octanol–water partition coefficient (Wildman–Crippen LogP) is -0.364. The molecule has 0 bridgehead atoms. The van der Waals surface area contributed by atoms with E-state index in [0.29, 0.717) is 19.3 Å². The van der Waals surface area contributed by atoms with Crippen molar-refractivity contribution in [3.63, 3.8) is 0 Å². The van der Waals surface area contributed by atoms with E-state index >= 15 is 0 Å². The highest BCUT2D eigenvalue weighted by atomic mass is 32.2. The van der Waals surface area contributed by atoms with E-state index in [1.807, 2.05) is 0 Å². The second kappa shape index (κ2) is 3.93. The summed E-state index contributed by atoms with van der Waals surface area (Å²) in [4.78, 5) is 11.0. The molecule has 1 aliphatic heterocycles. The summed E-state index contributed by atoms with van der Waals surface area (Å²) in [6, 6.07) is 0. The quantitative estimate of drug-likeness (QED) is 0.725. The van der Waals surface area contributed by atoms with E-state index in [0.717, 1.165) is 0 Å². The monoisotopic (exact) mass is 263 g/mol. The number of carbonyl (C=O) groups is 1. The molecule has 0 amide bonds. The first-order chi connectivity index (χ1) is 7.74. The van der Waals surface area contributed by atoms with Crippen LogP contribution in [-0.4, -0.2) is 52.8 Å². The molecule has 2 atom stereocenters. The molecule has 2 rings (SSSR count). The highest BCUT2D eigenvalue weighted by Crippen LogP contribution is 2.36. The Kier molecular flexibility index (Phi) is 2.95. The molecule has 0 aromatic rings. The van der Waals surface area contributed by atoms with Gasteiger partial charge in [-0.3, -0.25) is 4.79 Å². The number of sulfonamides is 1. The Bertz CT molecular complexity index is 422. The predicted molar refractivity (Wildman–Crippen MR) is 59.9 cm³/mol. The smallest absolute Gasteiger partial charge is 0.307 e. The Morgan fingerprint density at radius 3 is 2.41 bits per heavy atom. The van der Waals surface area contributed by atoms with Crippen LogP contribution < -0.4 is 0 Å². The van der Waals surface area contributed by atoms with Crippen molar-refractivity contribution in [2.24, 2.45) is 5.92 Å². The molecule has 1 saturated carbocycles. The number of nitrogens with zero attached hydrogens (tertiary/aromatic N) is 1. The lowest BCUT2D eigenvalue weighted by Crippen LogP contribution is -2.63. The summed E-state index contributed by atoms with van der Waals surface area (Å²) in [6.45, 7) is 1.71. The zero-order chi connectivity index (χ0) is 12.8. The lowest BCUT2D eigenvalue weighted by atomic mass is 10.0. The molecule has 1 heterocycles. The summed E-state index contributed by atoms with van der Waals surface area (Å²) < 4.78 is 25.5. The van der Waals surface area contributed by atoms with Gasteiger partial charge < -0.3 is 10.2 Å². The van der Waals surface area contributed by atoms with Crippen LogP contribution in [0, 0.1) is 5.92 Å². The topological polar surface area (TPSA) is 94.9 Å². The Hall–Kier alpha value is -0.660. The van der Waals surface area contributed by atoms with E-state index in [4.69, 9.17) is 5.11 Å². The van der Waals surface area contributed by atoms with Crippen LogP contribution in [0.15, 0.2) is 0 Å². The van der Waals surface area contributed by atoms with Crippen LogP contribution in [-0.2, 0) is 14.8 Å². The summed E-state index contributed by atoms with van der Waals surface area (Å²) in [7, 11) is -3.57. The molecule has 0 radical (unpaired) electrons. The fourth-order valence-corrected chi connectivity index (χ4v) is 5.08. The minimum Gasteiger partial charge on any atom is -0.481 e. The molecule has 0 spiro atoms. The second-order valence-electron chi connectivity index (χ2n) is 5.22. The van der Waals surface area contributed by atoms with Crippen molar-refractivity contribution >= 4 is 16.0 Å². The molecule has 98 valence electrons. The summed E-state index contributed by atoms with van der Waals surface area (Å²) in [5, 5.41) is 17.7. The van der Waals surface area contributed by atoms with Crippen molar-refractivity contribution in [2.45, 2.75) is 37.0 Å². The van der Waals surface area contributed by atoms with E-state index in [1.54, 1.807) is 6.92 Å². The number of hydrogen-bond acceptors (Lipinski definition) is 4. The van der Waals surface area contributed by atoms with Gasteiger partial charge in [0.1, 0.15) is 0 Å². The van der Waals surface area contributed by atoms with Crippen molar-refractivity contribution in [2.75, 3.05) is 13.1 Å². The Morgan fingerprint density at radius 2 is 1.94 bits per heavy atom. The molecular weight excluding hydrogens is 246 g/mol. The number of rotatable bonds is 3. The number of β-amino-alcohol motifs (C(OH)–C–C–N with tert-alkyl or cyclic N) is 1. The number of carboxylic acid groups (broad SMARTS) is 1. The largest absolute Gasteiger partial charge is 0.481 e. The van der Waals surface area contributed by atoms with Gasteiger partial charge in [-0.1, -0.05) is 6.42 Å².